The molecule has 0 radical (unpaired) electrons. The number of benzene rings is 1. The maximum atomic E-state index is 13.1. The van der Waals surface area contributed by atoms with Crippen molar-refractivity contribution in [3.05, 3.63) is 83.3 Å². The lowest BCUT2D eigenvalue weighted by molar-refractivity contribution is 0.0978. The Labute approximate surface area is 208 Å². The third kappa shape index (κ3) is 5.31. The minimum Gasteiger partial charge on any atom is -0.467 e. The van der Waals surface area contributed by atoms with Gasteiger partial charge < -0.3 is 9.47 Å². The molecule has 0 aliphatic heterocycles. The minimum atomic E-state index is -4.22. The number of carbonyl (C=O) groups is 1. The molecule has 0 aliphatic rings. The van der Waals surface area contributed by atoms with Crippen molar-refractivity contribution in [2.75, 3.05) is 7.11 Å². The maximum Gasteiger partial charge on any atom is 0.316 e. The quantitative estimate of drug-likeness (QED) is 0.398. The normalized spacial score (nSPS) is 11.1. The highest BCUT2D eigenvalue weighted by molar-refractivity contribution is 7.90. The number of carbonyl (C=O) groups excluding carboxylic acids is 1. The first-order valence-corrected chi connectivity index (χ1v) is 12.3. The lowest BCUT2D eigenvalue weighted by atomic mass is 10.1. The molecule has 0 saturated carbocycles. The van der Waals surface area contributed by atoms with Crippen LogP contribution in [0.5, 0.6) is 17.6 Å². The summed E-state index contributed by atoms with van der Waals surface area (Å²) in [7, 11) is -2.76. The van der Waals surface area contributed by atoms with Crippen LogP contribution in [0.2, 0.25) is 0 Å². The number of rotatable bonds is 7. The van der Waals surface area contributed by atoms with E-state index in [1.807, 2.05) is 37.6 Å². The van der Waals surface area contributed by atoms with E-state index in [9.17, 15) is 13.2 Å². The smallest absolute Gasteiger partial charge is 0.316 e. The van der Waals surface area contributed by atoms with Crippen LogP contribution < -0.4 is 14.2 Å². The Morgan fingerprint density at radius 2 is 1.64 bits per heavy atom. The zero-order valence-electron chi connectivity index (χ0n) is 20.0. The average molecular weight is 506 g/mol. The number of sulfonamides is 1. The molecule has 0 fully saturated rings. The van der Waals surface area contributed by atoms with Crippen molar-refractivity contribution in [2.24, 2.45) is 0 Å². The Hall–Kier alpha value is -4.38. The van der Waals surface area contributed by atoms with E-state index >= 15 is 0 Å². The molecule has 1 aromatic carbocycles. The third-order valence-corrected chi connectivity index (χ3v) is 6.40. The number of aryl methyl sites for hydroxylation is 3. The summed E-state index contributed by atoms with van der Waals surface area (Å²) in [4.78, 5) is 29.6. The van der Waals surface area contributed by atoms with Gasteiger partial charge in [-0.1, -0.05) is 23.8 Å². The summed E-state index contributed by atoms with van der Waals surface area (Å²) in [6.45, 7) is 5.72. The van der Waals surface area contributed by atoms with Gasteiger partial charge in [0.2, 0.25) is 5.88 Å². The summed E-state index contributed by atoms with van der Waals surface area (Å²) in [6.07, 6.45) is 4.36. The largest absolute Gasteiger partial charge is 0.467 e. The first-order valence-electron chi connectivity index (χ1n) is 10.8. The monoisotopic (exact) mass is 505 g/mol. The van der Waals surface area contributed by atoms with Gasteiger partial charge in [-0.05, 0) is 56.2 Å². The van der Waals surface area contributed by atoms with Gasteiger partial charge in [0, 0.05) is 24.2 Å². The van der Waals surface area contributed by atoms with Crippen LogP contribution in [0, 0.1) is 20.8 Å². The van der Waals surface area contributed by atoms with E-state index in [1.54, 1.807) is 12.1 Å². The number of methoxy groups -OCH3 is 1. The summed E-state index contributed by atoms with van der Waals surface area (Å²) in [5, 5.41) is -0.286. The summed E-state index contributed by atoms with van der Waals surface area (Å²) in [6, 6.07) is 11.4. The number of ether oxygens (including phenoxy) is 2. The van der Waals surface area contributed by atoms with Crippen molar-refractivity contribution in [3.8, 4) is 28.9 Å². The molecule has 36 heavy (non-hydrogen) atoms. The molecule has 3 heterocycles. The Morgan fingerprint density at radius 3 is 2.25 bits per heavy atom. The van der Waals surface area contributed by atoms with Gasteiger partial charge in [0.25, 0.3) is 15.9 Å². The van der Waals surface area contributed by atoms with E-state index in [0.29, 0.717) is 17.0 Å². The summed E-state index contributed by atoms with van der Waals surface area (Å²) < 4.78 is 38.6. The molecule has 11 heteroatoms. The highest BCUT2D eigenvalue weighted by Crippen LogP contribution is 2.32. The van der Waals surface area contributed by atoms with Crippen LogP contribution >= 0.6 is 0 Å². The first-order chi connectivity index (χ1) is 17.2. The van der Waals surface area contributed by atoms with Gasteiger partial charge in [0.15, 0.2) is 5.03 Å². The summed E-state index contributed by atoms with van der Waals surface area (Å²) in [5.74, 6) is -0.479. The van der Waals surface area contributed by atoms with E-state index in [-0.39, 0.29) is 22.5 Å². The second-order valence-corrected chi connectivity index (χ2v) is 9.57. The number of aromatic nitrogens is 4. The van der Waals surface area contributed by atoms with Crippen LogP contribution in [0.1, 0.15) is 27.0 Å². The second kappa shape index (κ2) is 10.1. The molecule has 1 N–H and O–H groups in total. The fourth-order valence-electron chi connectivity index (χ4n) is 3.57. The fraction of sp³-hybridized carbons (Fsp3) is 0.160. The van der Waals surface area contributed by atoms with Crippen molar-refractivity contribution >= 4 is 15.9 Å². The molecule has 0 aliphatic carbocycles. The summed E-state index contributed by atoms with van der Waals surface area (Å²) >= 11 is 0. The predicted molar refractivity (Wildman–Crippen MR) is 131 cm³/mol. The van der Waals surface area contributed by atoms with Crippen LogP contribution in [0.15, 0.2) is 66.1 Å². The van der Waals surface area contributed by atoms with E-state index in [1.165, 1.54) is 43.9 Å². The van der Waals surface area contributed by atoms with Crippen molar-refractivity contribution in [1.29, 1.82) is 0 Å². The topological polar surface area (TPSA) is 133 Å². The van der Waals surface area contributed by atoms with Crippen LogP contribution in [0.4, 0.5) is 0 Å². The van der Waals surface area contributed by atoms with E-state index in [0.717, 1.165) is 16.7 Å². The number of hydrogen-bond acceptors (Lipinski definition) is 9. The molecule has 0 saturated heterocycles. The van der Waals surface area contributed by atoms with Crippen molar-refractivity contribution in [3.63, 3.8) is 0 Å². The van der Waals surface area contributed by atoms with Gasteiger partial charge in [0.1, 0.15) is 11.3 Å². The Morgan fingerprint density at radius 1 is 0.944 bits per heavy atom. The number of nitrogens with zero attached hydrogens (tertiary/aromatic N) is 4. The predicted octanol–water partition coefficient (Wildman–Crippen LogP) is 3.78. The lowest BCUT2D eigenvalue weighted by Gasteiger charge is -2.16. The highest BCUT2D eigenvalue weighted by atomic mass is 32.2. The summed E-state index contributed by atoms with van der Waals surface area (Å²) in [5.41, 5.74) is 3.60. The van der Waals surface area contributed by atoms with Gasteiger partial charge in [-0.2, -0.15) is 8.42 Å². The molecule has 4 aromatic rings. The molecule has 0 bridgehead atoms. The van der Waals surface area contributed by atoms with E-state index in [4.69, 9.17) is 9.47 Å². The molecule has 4 rings (SSSR count). The van der Waals surface area contributed by atoms with Crippen molar-refractivity contribution in [1.82, 2.24) is 24.7 Å². The molecule has 0 atom stereocenters. The van der Waals surface area contributed by atoms with Gasteiger partial charge >= 0.3 is 6.01 Å². The zero-order chi connectivity index (χ0) is 25.9. The number of amides is 1. The Balaban J connectivity index is 1.77. The number of hydrogen-bond donors (Lipinski definition) is 1. The lowest BCUT2D eigenvalue weighted by Crippen LogP contribution is -2.31. The second-order valence-electron chi connectivity index (χ2n) is 7.94. The third-order valence-electron chi connectivity index (χ3n) is 5.15. The highest BCUT2D eigenvalue weighted by Gasteiger charge is 2.24. The van der Waals surface area contributed by atoms with Crippen LogP contribution in [-0.2, 0) is 10.0 Å². The molecule has 0 unspecified atom stereocenters. The molecule has 1 amide bonds. The van der Waals surface area contributed by atoms with Crippen LogP contribution in [-0.4, -0.2) is 41.4 Å². The molecule has 10 nitrogen and oxygen atoms in total. The minimum absolute atomic E-state index is 0.0768. The van der Waals surface area contributed by atoms with Gasteiger partial charge in [-0.25, -0.2) is 24.7 Å². The molecule has 0 spiro atoms. The molecular formula is C25H23N5O5S. The van der Waals surface area contributed by atoms with Crippen LogP contribution in [0.3, 0.4) is 0 Å². The standard InChI is InChI=1S/C25H23N5O5S/c1-15-11-16(2)22(17(3)12-15)35-24-19(23(31)30-36(32,33)21-7-5-6-10-26-21)8-9-20(29-24)18-13-27-25(34-4)28-14-18/h5-14H,1-4H3,(H,30,31). The molecule has 3 aromatic heterocycles. The van der Waals surface area contributed by atoms with Crippen molar-refractivity contribution < 1.29 is 22.7 Å². The van der Waals surface area contributed by atoms with Gasteiger partial charge in [0.05, 0.1) is 12.8 Å². The Bertz CT molecular complexity index is 1500. The zero-order valence-corrected chi connectivity index (χ0v) is 20.8. The Kier molecular flexibility index (Phi) is 6.93. The maximum absolute atomic E-state index is 13.1. The number of nitrogens with one attached hydrogen (secondary N) is 1. The first kappa shape index (κ1) is 24.7. The fourth-order valence-corrected chi connectivity index (χ4v) is 4.48. The van der Waals surface area contributed by atoms with Crippen LogP contribution in [0.25, 0.3) is 11.3 Å². The SMILES string of the molecule is COc1ncc(-c2ccc(C(=O)NS(=O)(=O)c3ccccn3)c(Oc3c(C)cc(C)cc3C)n2)cn1. The van der Waals surface area contributed by atoms with E-state index < -0.39 is 15.9 Å². The van der Waals surface area contributed by atoms with Crippen molar-refractivity contribution in [2.45, 2.75) is 25.8 Å². The average Bonchev–Trinajstić information content (AvgIpc) is 2.86. The molecular weight excluding hydrogens is 482 g/mol. The van der Waals surface area contributed by atoms with Gasteiger partial charge in [-0.3, -0.25) is 4.79 Å². The van der Waals surface area contributed by atoms with E-state index in [2.05, 4.69) is 19.9 Å². The molecule has 184 valence electrons. The number of pyridine rings is 2. The van der Waals surface area contributed by atoms with Gasteiger partial charge in [-0.15, -0.1) is 0 Å².